The Hall–Kier alpha value is -2.17. The Kier molecular flexibility index (Phi) is 3.03. The number of benzene rings is 1. The molecule has 2 atom stereocenters. The summed E-state index contributed by atoms with van der Waals surface area (Å²) in [4.78, 5) is 23.0. The maximum Gasteiger partial charge on any atom is 0.325 e. The lowest BCUT2D eigenvalue weighted by Crippen LogP contribution is -2.37. The van der Waals surface area contributed by atoms with E-state index in [-0.39, 0.29) is 24.3 Å². The number of fused-ring (bicyclic) bond motifs is 2. The topological polar surface area (TPSA) is 70.0 Å². The molecular formula is C17H18N2O3. The molecule has 1 N–H and O–H groups in total. The third-order valence-corrected chi connectivity index (χ3v) is 4.87. The fourth-order valence-electron chi connectivity index (χ4n) is 3.62. The Morgan fingerprint density at radius 3 is 2.77 bits per heavy atom. The van der Waals surface area contributed by atoms with Crippen LogP contribution in [-0.4, -0.2) is 34.2 Å². The van der Waals surface area contributed by atoms with Gasteiger partial charge in [-0.2, -0.15) is 5.10 Å². The Morgan fingerprint density at radius 1 is 1.23 bits per heavy atom. The van der Waals surface area contributed by atoms with Crippen molar-refractivity contribution in [2.24, 2.45) is 16.9 Å². The normalized spacial score (nSPS) is 26.1. The number of carbonyl (C=O) groups excluding carboxylic acids is 1. The van der Waals surface area contributed by atoms with Gasteiger partial charge in [0.2, 0.25) is 5.91 Å². The van der Waals surface area contributed by atoms with Gasteiger partial charge in [0, 0.05) is 11.8 Å². The molecular weight excluding hydrogens is 280 g/mol. The molecule has 0 unspecified atom stereocenters. The molecule has 0 saturated heterocycles. The predicted octanol–water partition coefficient (Wildman–Crippen LogP) is 1.83. The van der Waals surface area contributed by atoms with E-state index >= 15 is 0 Å². The molecule has 22 heavy (non-hydrogen) atoms. The van der Waals surface area contributed by atoms with E-state index in [1.807, 2.05) is 0 Å². The summed E-state index contributed by atoms with van der Waals surface area (Å²) in [7, 11) is 0. The van der Waals surface area contributed by atoms with Gasteiger partial charge in [0.25, 0.3) is 0 Å². The maximum atomic E-state index is 12.1. The van der Waals surface area contributed by atoms with Crippen molar-refractivity contribution in [3.63, 3.8) is 0 Å². The van der Waals surface area contributed by atoms with Crippen LogP contribution in [0.15, 0.2) is 23.3 Å². The molecule has 1 heterocycles. The van der Waals surface area contributed by atoms with E-state index in [0.29, 0.717) is 0 Å². The molecule has 5 heteroatoms. The van der Waals surface area contributed by atoms with E-state index in [1.54, 1.807) is 0 Å². The molecule has 1 aromatic rings. The minimum Gasteiger partial charge on any atom is -0.480 e. The quantitative estimate of drug-likeness (QED) is 0.925. The van der Waals surface area contributed by atoms with Crippen molar-refractivity contribution in [2.75, 3.05) is 6.54 Å². The lowest BCUT2D eigenvalue weighted by molar-refractivity contribution is -0.145. The highest BCUT2D eigenvalue weighted by atomic mass is 16.4. The number of rotatable bonds is 3. The largest absolute Gasteiger partial charge is 0.480 e. The van der Waals surface area contributed by atoms with Crippen molar-refractivity contribution < 1.29 is 14.7 Å². The van der Waals surface area contributed by atoms with Crippen LogP contribution in [0, 0.1) is 11.8 Å². The number of amides is 1. The number of hydrogen-bond acceptors (Lipinski definition) is 3. The van der Waals surface area contributed by atoms with E-state index < -0.39 is 5.97 Å². The van der Waals surface area contributed by atoms with Crippen LogP contribution in [0.1, 0.15) is 36.0 Å². The summed E-state index contributed by atoms with van der Waals surface area (Å²) >= 11 is 0. The Balaban J connectivity index is 1.69. The minimum atomic E-state index is -1.03. The summed E-state index contributed by atoms with van der Waals surface area (Å²) in [5, 5.41) is 14.4. The van der Waals surface area contributed by atoms with Gasteiger partial charge in [-0.3, -0.25) is 9.59 Å². The zero-order chi connectivity index (χ0) is 15.3. The number of hydrogen-bond donors (Lipinski definition) is 1. The van der Waals surface area contributed by atoms with Crippen LogP contribution in [0.5, 0.6) is 0 Å². The van der Waals surface area contributed by atoms with Gasteiger partial charge in [0.1, 0.15) is 6.54 Å². The second-order valence-corrected chi connectivity index (χ2v) is 6.41. The molecule has 0 bridgehead atoms. The van der Waals surface area contributed by atoms with Crippen molar-refractivity contribution in [2.45, 2.75) is 32.1 Å². The van der Waals surface area contributed by atoms with Crippen LogP contribution in [0.4, 0.5) is 0 Å². The van der Waals surface area contributed by atoms with Gasteiger partial charge in [0.05, 0.1) is 5.71 Å². The first-order valence-electron chi connectivity index (χ1n) is 7.87. The average Bonchev–Trinajstić information content (AvgIpc) is 3.30. The van der Waals surface area contributed by atoms with Crippen LogP contribution >= 0.6 is 0 Å². The molecule has 3 aliphatic rings. The van der Waals surface area contributed by atoms with Crippen molar-refractivity contribution in [1.82, 2.24) is 5.01 Å². The minimum absolute atomic E-state index is 0.0668. The van der Waals surface area contributed by atoms with Crippen molar-refractivity contribution in [1.29, 1.82) is 0 Å². The Morgan fingerprint density at radius 2 is 2.00 bits per heavy atom. The number of carboxylic acids is 1. The molecule has 0 spiro atoms. The first-order valence-corrected chi connectivity index (χ1v) is 7.87. The highest BCUT2D eigenvalue weighted by Crippen LogP contribution is 2.45. The summed E-state index contributed by atoms with van der Waals surface area (Å²) in [6.45, 7) is -0.351. The summed E-state index contributed by atoms with van der Waals surface area (Å²) in [6.07, 6.45) is 5.50. The molecule has 0 aromatic heterocycles. The predicted molar refractivity (Wildman–Crippen MR) is 80.6 cm³/mol. The molecule has 0 radical (unpaired) electrons. The maximum absolute atomic E-state index is 12.1. The number of aliphatic carboxylic acids is 1. The van der Waals surface area contributed by atoms with Gasteiger partial charge < -0.3 is 5.11 Å². The van der Waals surface area contributed by atoms with Gasteiger partial charge in [-0.15, -0.1) is 0 Å². The third-order valence-electron chi connectivity index (χ3n) is 4.87. The van der Waals surface area contributed by atoms with Crippen molar-refractivity contribution >= 4 is 17.6 Å². The molecule has 2 aliphatic carbocycles. The van der Waals surface area contributed by atoms with Crippen LogP contribution < -0.4 is 0 Å². The number of hydrazone groups is 1. The molecule has 1 saturated carbocycles. The van der Waals surface area contributed by atoms with E-state index in [9.17, 15) is 9.59 Å². The highest BCUT2D eigenvalue weighted by molar-refractivity contribution is 6.09. The van der Waals surface area contributed by atoms with E-state index in [2.05, 4.69) is 23.3 Å². The van der Waals surface area contributed by atoms with Crippen LogP contribution in [0.25, 0.3) is 0 Å². The first-order chi connectivity index (χ1) is 10.6. The Bertz CT molecular complexity index is 695. The van der Waals surface area contributed by atoms with Gasteiger partial charge in [-0.1, -0.05) is 12.1 Å². The monoisotopic (exact) mass is 298 g/mol. The molecule has 1 fully saturated rings. The van der Waals surface area contributed by atoms with Crippen molar-refractivity contribution in [3.05, 3.63) is 34.9 Å². The SMILES string of the molecule is O=C(O)CN1N=C(c2ccc3c(c2)CCCC3)[C@@H]2C[C@H]2C1=O. The molecule has 4 rings (SSSR count). The fourth-order valence-corrected chi connectivity index (χ4v) is 3.62. The van der Waals surface area contributed by atoms with Crippen molar-refractivity contribution in [3.8, 4) is 0 Å². The summed E-state index contributed by atoms with van der Waals surface area (Å²) in [6, 6.07) is 6.44. The van der Waals surface area contributed by atoms with Crippen LogP contribution in [-0.2, 0) is 22.4 Å². The lowest BCUT2D eigenvalue weighted by atomic mass is 9.89. The van der Waals surface area contributed by atoms with E-state index in [4.69, 9.17) is 5.11 Å². The molecule has 5 nitrogen and oxygen atoms in total. The number of aryl methyl sites for hydroxylation is 2. The fraction of sp³-hybridized carbons (Fsp3) is 0.471. The zero-order valence-electron chi connectivity index (χ0n) is 12.3. The first kappa shape index (κ1) is 13.5. The van der Waals surface area contributed by atoms with Gasteiger partial charge in [0.15, 0.2) is 0 Å². The van der Waals surface area contributed by atoms with E-state index in [0.717, 1.165) is 35.5 Å². The number of carboxylic acid groups (broad SMARTS) is 1. The second kappa shape index (κ2) is 4.93. The summed E-state index contributed by atoms with van der Waals surface area (Å²) in [5.74, 6) is -1.06. The molecule has 1 aliphatic heterocycles. The zero-order valence-corrected chi connectivity index (χ0v) is 12.3. The Labute approximate surface area is 128 Å². The van der Waals surface area contributed by atoms with Gasteiger partial charge >= 0.3 is 5.97 Å². The third kappa shape index (κ3) is 2.21. The summed E-state index contributed by atoms with van der Waals surface area (Å²) < 4.78 is 0. The average molecular weight is 298 g/mol. The molecule has 1 aromatic carbocycles. The second-order valence-electron chi connectivity index (χ2n) is 6.41. The van der Waals surface area contributed by atoms with Gasteiger partial charge in [-0.25, -0.2) is 5.01 Å². The highest BCUT2D eigenvalue weighted by Gasteiger charge is 2.52. The summed E-state index contributed by atoms with van der Waals surface area (Å²) in [5.41, 5.74) is 4.73. The molecule has 114 valence electrons. The number of nitrogens with zero attached hydrogens (tertiary/aromatic N) is 2. The number of carbonyl (C=O) groups is 2. The standard InChI is InChI=1S/C17H18N2O3/c20-15(21)9-19-17(22)14-8-13(14)16(18-19)12-6-5-10-3-1-2-4-11(10)7-12/h5-7,13-14H,1-4,8-9H2,(H,20,21)/t13-,14-/m1/s1. The lowest BCUT2D eigenvalue weighted by Gasteiger charge is -2.23. The van der Waals surface area contributed by atoms with Crippen LogP contribution in [0.2, 0.25) is 0 Å². The van der Waals surface area contributed by atoms with E-state index in [1.165, 1.54) is 24.0 Å². The smallest absolute Gasteiger partial charge is 0.325 e. The van der Waals surface area contributed by atoms with Crippen LogP contribution in [0.3, 0.4) is 0 Å². The molecule has 1 amide bonds. The van der Waals surface area contributed by atoms with Gasteiger partial charge in [-0.05, 0) is 54.9 Å².